The van der Waals surface area contributed by atoms with Gasteiger partial charge in [-0.05, 0) is 42.5 Å². The summed E-state index contributed by atoms with van der Waals surface area (Å²) in [6.45, 7) is 1.67. The van der Waals surface area contributed by atoms with Crippen LogP contribution in [0.4, 0.5) is 0 Å². The lowest BCUT2D eigenvalue weighted by atomic mass is 9.92. The van der Waals surface area contributed by atoms with Crippen LogP contribution in [0, 0.1) is 0 Å². The van der Waals surface area contributed by atoms with E-state index in [1.165, 1.54) is 28.8 Å². The van der Waals surface area contributed by atoms with Gasteiger partial charge >= 0.3 is 0 Å². The minimum Gasteiger partial charge on any atom is -0.306 e. The highest BCUT2D eigenvalue weighted by Crippen LogP contribution is 2.30. The quantitative estimate of drug-likeness (QED) is 0.718. The molecule has 3 nitrogen and oxygen atoms in total. The van der Waals surface area contributed by atoms with Crippen LogP contribution >= 0.6 is 11.6 Å². The monoisotopic (exact) mass is 351 g/mol. The number of rotatable bonds is 5. The van der Waals surface area contributed by atoms with Crippen LogP contribution in [0.2, 0.25) is 5.02 Å². The molecule has 1 aromatic heterocycles. The zero-order valence-electron chi connectivity index (χ0n) is 14.2. The highest BCUT2D eigenvalue weighted by molar-refractivity contribution is 6.30. The molecule has 0 fully saturated rings. The molecule has 1 N–H and O–H groups in total. The van der Waals surface area contributed by atoms with Gasteiger partial charge in [0, 0.05) is 28.9 Å². The Kier molecular flexibility index (Phi) is 4.86. The van der Waals surface area contributed by atoms with Crippen LogP contribution < -0.4 is 5.32 Å². The number of fused-ring (bicyclic) bond motifs is 1. The van der Waals surface area contributed by atoms with Crippen molar-refractivity contribution in [3.8, 4) is 0 Å². The smallest absolute Gasteiger partial charge is 0.0662 e. The summed E-state index contributed by atoms with van der Waals surface area (Å²) < 4.78 is 2.16. The predicted octanol–water partition coefficient (Wildman–Crippen LogP) is 4.75. The molecule has 1 unspecified atom stereocenters. The Morgan fingerprint density at radius 1 is 1.08 bits per heavy atom. The van der Waals surface area contributed by atoms with Crippen molar-refractivity contribution in [2.75, 3.05) is 0 Å². The fourth-order valence-corrected chi connectivity index (χ4v) is 3.82. The maximum Gasteiger partial charge on any atom is 0.0662 e. The average molecular weight is 352 g/mol. The van der Waals surface area contributed by atoms with E-state index in [0.29, 0.717) is 6.04 Å². The van der Waals surface area contributed by atoms with Crippen molar-refractivity contribution in [2.24, 2.45) is 0 Å². The molecule has 3 aromatic rings. The Hall–Kier alpha value is -2.10. The van der Waals surface area contributed by atoms with Crippen LogP contribution in [0.3, 0.4) is 0 Å². The summed E-state index contributed by atoms with van der Waals surface area (Å²) in [5, 5.41) is 9.15. The van der Waals surface area contributed by atoms with Crippen LogP contribution in [0.25, 0.3) is 0 Å². The molecule has 0 radical (unpaired) electrons. The molecule has 0 bridgehead atoms. The molecule has 0 aliphatic heterocycles. The predicted molar refractivity (Wildman–Crippen MR) is 102 cm³/mol. The van der Waals surface area contributed by atoms with Crippen molar-refractivity contribution in [1.29, 1.82) is 0 Å². The molecule has 0 amide bonds. The number of hydrogen-bond donors (Lipinski definition) is 1. The van der Waals surface area contributed by atoms with Gasteiger partial charge in [-0.3, -0.25) is 4.68 Å². The highest BCUT2D eigenvalue weighted by Gasteiger charge is 2.23. The molecule has 4 rings (SSSR count). The number of hydrogen-bond acceptors (Lipinski definition) is 2. The average Bonchev–Trinajstić information content (AvgIpc) is 3.04. The first-order valence-corrected chi connectivity index (χ1v) is 9.24. The van der Waals surface area contributed by atoms with Gasteiger partial charge in [0.1, 0.15) is 0 Å². The Labute approximate surface area is 153 Å². The maximum atomic E-state index is 6.09. The standard InChI is InChI=1S/C21H22ClN3/c22-18-9-4-8-17(12-18)13-23-20-10-5-11-21-19(20)14-24-25(21)15-16-6-2-1-3-7-16/h1-4,6-9,12,14,20,23H,5,10-11,13,15H2. The molecule has 1 aliphatic carbocycles. The van der Waals surface area contributed by atoms with Gasteiger partial charge < -0.3 is 5.32 Å². The maximum absolute atomic E-state index is 6.09. The van der Waals surface area contributed by atoms with Crippen LogP contribution in [-0.4, -0.2) is 9.78 Å². The third-order valence-electron chi connectivity index (χ3n) is 4.88. The van der Waals surface area contributed by atoms with Crippen molar-refractivity contribution < 1.29 is 0 Å². The Morgan fingerprint density at radius 2 is 1.92 bits per heavy atom. The molecular formula is C21H22ClN3. The first-order valence-electron chi connectivity index (χ1n) is 8.86. The van der Waals surface area contributed by atoms with E-state index < -0.39 is 0 Å². The zero-order chi connectivity index (χ0) is 17.1. The van der Waals surface area contributed by atoms with E-state index >= 15 is 0 Å². The SMILES string of the molecule is Clc1cccc(CNC2CCCc3c2cnn3Cc2ccccc2)c1. The molecule has 1 atom stereocenters. The van der Waals surface area contributed by atoms with E-state index in [-0.39, 0.29) is 0 Å². The lowest BCUT2D eigenvalue weighted by Gasteiger charge is -2.24. The molecule has 0 saturated carbocycles. The van der Waals surface area contributed by atoms with Gasteiger partial charge in [0.15, 0.2) is 0 Å². The summed E-state index contributed by atoms with van der Waals surface area (Å²) in [5.74, 6) is 0. The van der Waals surface area contributed by atoms with Crippen molar-refractivity contribution in [3.63, 3.8) is 0 Å². The van der Waals surface area contributed by atoms with Crippen molar-refractivity contribution in [2.45, 2.75) is 38.4 Å². The Morgan fingerprint density at radius 3 is 2.76 bits per heavy atom. The van der Waals surface area contributed by atoms with Crippen molar-refractivity contribution in [1.82, 2.24) is 15.1 Å². The topological polar surface area (TPSA) is 29.9 Å². The fourth-order valence-electron chi connectivity index (χ4n) is 3.61. The summed E-state index contributed by atoms with van der Waals surface area (Å²) in [6, 6.07) is 19.0. The number of nitrogens with zero attached hydrogens (tertiary/aromatic N) is 2. The van der Waals surface area contributed by atoms with Crippen molar-refractivity contribution >= 4 is 11.6 Å². The minimum absolute atomic E-state index is 0.368. The molecule has 4 heteroatoms. The molecule has 128 valence electrons. The number of halogens is 1. The minimum atomic E-state index is 0.368. The van der Waals surface area contributed by atoms with Gasteiger partial charge in [-0.15, -0.1) is 0 Å². The van der Waals surface area contributed by atoms with E-state index in [1.807, 2.05) is 24.4 Å². The number of nitrogens with one attached hydrogen (secondary N) is 1. The van der Waals surface area contributed by atoms with Crippen LogP contribution in [0.5, 0.6) is 0 Å². The fraction of sp³-hybridized carbons (Fsp3) is 0.286. The van der Waals surface area contributed by atoms with Crippen LogP contribution in [-0.2, 0) is 19.5 Å². The van der Waals surface area contributed by atoms with Crippen LogP contribution in [0.1, 0.15) is 41.3 Å². The molecule has 1 heterocycles. The second-order valence-corrected chi connectivity index (χ2v) is 7.08. The number of benzene rings is 2. The Balaban J connectivity index is 1.49. The van der Waals surface area contributed by atoms with E-state index in [0.717, 1.165) is 31.0 Å². The molecule has 0 spiro atoms. The second-order valence-electron chi connectivity index (χ2n) is 6.65. The largest absolute Gasteiger partial charge is 0.306 e. The third-order valence-corrected chi connectivity index (χ3v) is 5.11. The van der Waals surface area contributed by atoms with Gasteiger partial charge in [-0.25, -0.2) is 0 Å². The van der Waals surface area contributed by atoms with E-state index in [4.69, 9.17) is 11.6 Å². The summed E-state index contributed by atoms with van der Waals surface area (Å²) in [6.07, 6.45) is 5.51. The Bertz CT molecular complexity index is 841. The molecule has 1 aliphatic rings. The highest BCUT2D eigenvalue weighted by atomic mass is 35.5. The van der Waals surface area contributed by atoms with Gasteiger partial charge in [0.2, 0.25) is 0 Å². The lowest BCUT2D eigenvalue weighted by molar-refractivity contribution is 0.449. The summed E-state index contributed by atoms with van der Waals surface area (Å²) in [7, 11) is 0. The summed E-state index contributed by atoms with van der Waals surface area (Å²) in [4.78, 5) is 0. The van der Waals surface area contributed by atoms with E-state index in [1.54, 1.807) is 0 Å². The summed E-state index contributed by atoms with van der Waals surface area (Å²) in [5.41, 5.74) is 5.24. The van der Waals surface area contributed by atoms with Gasteiger partial charge in [0.05, 0.1) is 12.7 Å². The first kappa shape index (κ1) is 16.4. The first-order chi connectivity index (χ1) is 12.3. The molecular weight excluding hydrogens is 330 g/mol. The third kappa shape index (κ3) is 3.78. The molecule has 0 saturated heterocycles. The molecule has 25 heavy (non-hydrogen) atoms. The normalized spacial score (nSPS) is 16.6. The number of aromatic nitrogens is 2. The molecule has 2 aromatic carbocycles. The van der Waals surface area contributed by atoms with E-state index in [9.17, 15) is 0 Å². The zero-order valence-corrected chi connectivity index (χ0v) is 14.9. The lowest BCUT2D eigenvalue weighted by Crippen LogP contribution is -2.25. The van der Waals surface area contributed by atoms with Gasteiger partial charge in [-0.1, -0.05) is 54.1 Å². The van der Waals surface area contributed by atoms with Gasteiger partial charge in [0.25, 0.3) is 0 Å². The van der Waals surface area contributed by atoms with Crippen LogP contribution in [0.15, 0.2) is 60.8 Å². The van der Waals surface area contributed by atoms with Gasteiger partial charge in [-0.2, -0.15) is 5.10 Å². The van der Waals surface area contributed by atoms with Crippen molar-refractivity contribution in [3.05, 3.63) is 88.2 Å². The van der Waals surface area contributed by atoms with E-state index in [2.05, 4.69) is 51.5 Å². The second kappa shape index (κ2) is 7.42. The summed E-state index contributed by atoms with van der Waals surface area (Å²) >= 11 is 6.09.